The van der Waals surface area contributed by atoms with Crippen molar-refractivity contribution < 1.29 is 19.0 Å². The molecule has 5 aromatic rings. The van der Waals surface area contributed by atoms with E-state index >= 15 is 0 Å². The fourth-order valence-electron chi connectivity index (χ4n) is 4.30. The highest BCUT2D eigenvalue weighted by Gasteiger charge is 2.20. The van der Waals surface area contributed by atoms with Gasteiger partial charge >= 0.3 is 5.97 Å². The molecule has 0 unspecified atom stereocenters. The minimum Gasteiger partial charge on any atom is -0.491 e. The Bertz CT molecular complexity index is 1970. The van der Waals surface area contributed by atoms with E-state index < -0.39 is 22.9 Å². The van der Waals surface area contributed by atoms with Gasteiger partial charge in [0.05, 0.1) is 38.8 Å². The predicted molar refractivity (Wildman–Crippen MR) is 143 cm³/mol. The predicted octanol–water partition coefficient (Wildman–Crippen LogP) is 5.29. The van der Waals surface area contributed by atoms with E-state index in [0.717, 1.165) is 6.07 Å². The Morgan fingerprint density at radius 3 is 2.74 bits per heavy atom. The van der Waals surface area contributed by atoms with Crippen molar-refractivity contribution in [1.29, 1.82) is 10.5 Å². The lowest BCUT2D eigenvalue weighted by Gasteiger charge is -2.15. The molecule has 2 aromatic carbocycles. The van der Waals surface area contributed by atoms with Crippen molar-refractivity contribution >= 4 is 50.0 Å². The quantitative estimate of drug-likeness (QED) is 0.295. The fourth-order valence-corrected chi connectivity index (χ4v) is 5.50. The monoisotopic (exact) mass is 559 g/mol. The summed E-state index contributed by atoms with van der Waals surface area (Å²) in [5, 5.41) is 29.8. The summed E-state index contributed by atoms with van der Waals surface area (Å²) >= 11 is 7.51. The number of nitriles is 2. The van der Waals surface area contributed by atoms with E-state index in [2.05, 4.69) is 9.97 Å². The number of ether oxygens (including phenoxy) is 1. The number of fused-ring (bicyclic) bond motifs is 2. The number of aromatic nitrogens is 3. The van der Waals surface area contributed by atoms with Gasteiger partial charge in [-0.2, -0.15) is 10.5 Å². The number of carbonyl (C=O) groups is 1. The summed E-state index contributed by atoms with van der Waals surface area (Å²) in [7, 11) is 0. The van der Waals surface area contributed by atoms with Gasteiger partial charge in [-0.05, 0) is 37.3 Å². The van der Waals surface area contributed by atoms with Gasteiger partial charge in [-0.25, -0.2) is 14.2 Å². The molecule has 3 heterocycles. The van der Waals surface area contributed by atoms with E-state index in [0.29, 0.717) is 37.9 Å². The van der Waals surface area contributed by atoms with Crippen molar-refractivity contribution in [3.05, 3.63) is 85.6 Å². The number of hydrogen-bond acceptors (Lipinski definition) is 8. The molecule has 0 radical (unpaired) electrons. The van der Waals surface area contributed by atoms with Crippen LogP contribution in [0.3, 0.4) is 0 Å². The number of carboxylic acids is 1. The highest BCUT2D eigenvalue weighted by molar-refractivity contribution is 7.18. The largest absolute Gasteiger partial charge is 0.491 e. The standard InChI is InChI=1S/C27H15ClFN5O4S/c1-13-33-20-8-14(10-30)23(29)18(11-31)22(20)26(35)34(13)6-7-38-21-3-2-15(28)9-17(21)16-4-5-32-24-19(27(36)37)12-39-25(16)24/h2-5,8-9,12H,6-7H2,1H3,(H,36,37). The highest BCUT2D eigenvalue weighted by Crippen LogP contribution is 2.39. The normalized spacial score (nSPS) is 10.9. The molecule has 0 bridgehead atoms. The molecule has 0 atom stereocenters. The highest BCUT2D eigenvalue weighted by atomic mass is 35.5. The van der Waals surface area contributed by atoms with Gasteiger partial charge in [0.2, 0.25) is 0 Å². The van der Waals surface area contributed by atoms with Crippen molar-refractivity contribution in [2.45, 2.75) is 13.5 Å². The summed E-state index contributed by atoms with van der Waals surface area (Å²) in [6.45, 7) is 1.61. The lowest BCUT2D eigenvalue weighted by Crippen LogP contribution is -2.27. The van der Waals surface area contributed by atoms with Crippen LogP contribution >= 0.6 is 22.9 Å². The molecule has 1 N–H and O–H groups in total. The molecule has 39 heavy (non-hydrogen) atoms. The van der Waals surface area contributed by atoms with E-state index in [1.165, 1.54) is 27.5 Å². The number of benzene rings is 2. The molecule has 0 aliphatic rings. The van der Waals surface area contributed by atoms with E-state index in [1.54, 1.807) is 43.3 Å². The first kappa shape index (κ1) is 25.8. The molecule has 12 heteroatoms. The number of thiophene rings is 1. The molecule has 9 nitrogen and oxygen atoms in total. The van der Waals surface area contributed by atoms with Crippen molar-refractivity contribution in [3.63, 3.8) is 0 Å². The zero-order valence-electron chi connectivity index (χ0n) is 20.0. The van der Waals surface area contributed by atoms with Gasteiger partial charge in [0.15, 0.2) is 5.82 Å². The number of aromatic carboxylic acids is 1. The van der Waals surface area contributed by atoms with Gasteiger partial charge in [-0.3, -0.25) is 14.3 Å². The maximum absolute atomic E-state index is 14.6. The van der Waals surface area contributed by atoms with Crippen LogP contribution < -0.4 is 10.3 Å². The van der Waals surface area contributed by atoms with Crippen LogP contribution in [0.15, 0.2) is 46.7 Å². The maximum atomic E-state index is 14.6. The van der Waals surface area contributed by atoms with Crippen molar-refractivity contribution in [2.24, 2.45) is 0 Å². The molecule has 192 valence electrons. The Hall–Kier alpha value is -4.84. The van der Waals surface area contributed by atoms with Gasteiger partial charge in [-0.15, -0.1) is 11.3 Å². The molecule has 5 rings (SSSR count). The SMILES string of the molecule is Cc1nc2cc(C#N)c(F)c(C#N)c2c(=O)n1CCOc1ccc(Cl)cc1-c1ccnc2c(C(=O)O)csc12. The summed E-state index contributed by atoms with van der Waals surface area (Å²) in [5.74, 6) is -1.42. The van der Waals surface area contributed by atoms with Crippen molar-refractivity contribution in [2.75, 3.05) is 6.61 Å². The Morgan fingerprint density at radius 1 is 1.23 bits per heavy atom. The molecule has 0 aliphatic heterocycles. The van der Waals surface area contributed by atoms with Crippen LogP contribution in [-0.4, -0.2) is 32.2 Å². The van der Waals surface area contributed by atoms with E-state index in [1.807, 2.05) is 0 Å². The van der Waals surface area contributed by atoms with Crippen LogP contribution in [0.1, 0.15) is 27.3 Å². The Morgan fingerprint density at radius 2 is 2.03 bits per heavy atom. The van der Waals surface area contributed by atoms with Crippen LogP contribution in [0.5, 0.6) is 5.75 Å². The lowest BCUT2D eigenvalue weighted by atomic mass is 10.0. The molecular weight excluding hydrogens is 545 g/mol. The molecule has 0 amide bonds. The molecule has 0 saturated carbocycles. The lowest BCUT2D eigenvalue weighted by molar-refractivity contribution is 0.0699. The topological polar surface area (TPSA) is 142 Å². The summed E-state index contributed by atoms with van der Waals surface area (Å²) in [6.07, 6.45) is 1.51. The third-order valence-electron chi connectivity index (χ3n) is 6.10. The molecule has 3 aromatic heterocycles. The molecule has 0 spiro atoms. The molecule has 0 saturated heterocycles. The number of aryl methyl sites for hydroxylation is 1. The number of nitrogens with zero attached hydrogens (tertiary/aromatic N) is 5. The average Bonchev–Trinajstić information content (AvgIpc) is 3.36. The van der Waals surface area contributed by atoms with Gasteiger partial charge in [0.1, 0.15) is 35.9 Å². The average molecular weight is 560 g/mol. The van der Waals surface area contributed by atoms with Crippen molar-refractivity contribution in [3.8, 4) is 29.0 Å². The van der Waals surface area contributed by atoms with Crippen molar-refractivity contribution in [1.82, 2.24) is 14.5 Å². The number of carboxylic acid groups (broad SMARTS) is 1. The second-order valence-corrected chi connectivity index (χ2v) is 9.64. The van der Waals surface area contributed by atoms with E-state index in [4.69, 9.17) is 21.6 Å². The summed E-state index contributed by atoms with van der Waals surface area (Å²) in [6, 6.07) is 11.2. The Kier molecular flexibility index (Phi) is 6.71. The second-order valence-electron chi connectivity index (χ2n) is 8.33. The first-order chi connectivity index (χ1) is 18.7. The number of rotatable bonds is 6. The fraction of sp³-hybridized carbons (Fsp3) is 0.111. The zero-order valence-corrected chi connectivity index (χ0v) is 21.6. The first-order valence-corrected chi connectivity index (χ1v) is 12.6. The van der Waals surface area contributed by atoms with Gasteiger partial charge < -0.3 is 9.84 Å². The van der Waals surface area contributed by atoms with Crippen LogP contribution in [0.2, 0.25) is 5.02 Å². The smallest absolute Gasteiger partial charge is 0.338 e. The van der Waals surface area contributed by atoms with Gasteiger partial charge in [0.25, 0.3) is 5.56 Å². The third-order valence-corrected chi connectivity index (χ3v) is 7.33. The molecule has 0 fully saturated rings. The van der Waals surface area contributed by atoms with E-state index in [-0.39, 0.29) is 35.2 Å². The zero-order chi connectivity index (χ0) is 27.8. The number of hydrogen-bond donors (Lipinski definition) is 1. The van der Waals surface area contributed by atoms with E-state index in [9.17, 15) is 24.3 Å². The minimum atomic E-state index is -1.08. The van der Waals surface area contributed by atoms with Crippen LogP contribution in [0.4, 0.5) is 4.39 Å². The first-order valence-electron chi connectivity index (χ1n) is 11.3. The molecular formula is C27H15ClFN5O4S. The summed E-state index contributed by atoms with van der Waals surface area (Å²) in [5.41, 5.74) is 0.249. The minimum absolute atomic E-state index is 0.00224. The summed E-state index contributed by atoms with van der Waals surface area (Å²) in [4.78, 5) is 33.4. The molecule has 0 aliphatic carbocycles. The maximum Gasteiger partial charge on any atom is 0.338 e. The summed E-state index contributed by atoms with van der Waals surface area (Å²) < 4.78 is 22.5. The van der Waals surface area contributed by atoms with Gasteiger partial charge in [-0.1, -0.05) is 11.6 Å². The van der Waals surface area contributed by atoms with Gasteiger partial charge in [0, 0.05) is 27.7 Å². The van der Waals surface area contributed by atoms with Crippen LogP contribution in [-0.2, 0) is 6.54 Å². The van der Waals surface area contributed by atoms with Crippen LogP contribution in [0, 0.1) is 35.4 Å². The Labute approximate surface area is 228 Å². The second kappa shape index (κ2) is 10.1. The number of halogens is 2. The third kappa shape index (κ3) is 4.44. The Balaban J connectivity index is 1.51. The number of pyridine rings is 1. The van der Waals surface area contributed by atoms with Crippen LogP contribution in [0.25, 0.3) is 32.2 Å².